The Hall–Kier alpha value is -0.770. The highest BCUT2D eigenvalue weighted by atomic mass is 35.5. The van der Waals surface area contributed by atoms with E-state index in [1.165, 1.54) is 0 Å². The molecular formula is C10H17ClN4. The SMILES string of the molecule is CCn1nncc1N1CCCC(Cl)CC1. The highest BCUT2D eigenvalue weighted by molar-refractivity contribution is 6.20. The molecule has 0 spiro atoms. The summed E-state index contributed by atoms with van der Waals surface area (Å²) in [7, 11) is 0. The van der Waals surface area contributed by atoms with Crippen LogP contribution in [-0.4, -0.2) is 33.5 Å². The van der Waals surface area contributed by atoms with Gasteiger partial charge in [-0.2, -0.15) is 0 Å². The van der Waals surface area contributed by atoms with Crippen molar-refractivity contribution in [3.05, 3.63) is 6.20 Å². The normalized spacial score (nSPS) is 22.8. The van der Waals surface area contributed by atoms with E-state index >= 15 is 0 Å². The average Bonchev–Trinajstić information content (AvgIpc) is 2.61. The lowest BCUT2D eigenvalue weighted by molar-refractivity contribution is 0.609. The van der Waals surface area contributed by atoms with Gasteiger partial charge < -0.3 is 4.90 Å². The molecule has 1 saturated heterocycles. The van der Waals surface area contributed by atoms with E-state index in [1.54, 1.807) is 0 Å². The minimum atomic E-state index is 0.334. The van der Waals surface area contributed by atoms with Crippen LogP contribution in [0.1, 0.15) is 26.2 Å². The highest BCUT2D eigenvalue weighted by Gasteiger charge is 2.17. The van der Waals surface area contributed by atoms with Crippen molar-refractivity contribution in [2.24, 2.45) is 0 Å². The molecule has 1 aromatic heterocycles. The van der Waals surface area contributed by atoms with Gasteiger partial charge in [-0.3, -0.25) is 0 Å². The smallest absolute Gasteiger partial charge is 0.147 e. The molecule has 0 amide bonds. The zero-order chi connectivity index (χ0) is 10.7. The molecule has 0 aromatic carbocycles. The number of alkyl halides is 1. The molecule has 1 fully saturated rings. The second kappa shape index (κ2) is 4.84. The molecule has 1 aliphatic heterocycles. The molecule has 4 nitrogen and oxygen atoms in total. The first-order chi connectivity index (χ1) is 7.31. The molecule has 1 aliphatic rings. The first-order valence-electron chi connectivity index (χ1n) is 5.58. The summed E-state index contributed by atoms with van der Waals surface area (Å²) in [6.45, 7) is 5.04. The summed E-state index contributed by atoms with van der Waals surface area (Å²) in [5, 5.41) is 8.34. The summed E-state index contributed by atoms with van der Waals surface area (Å²) in [6, 6.07) is 0. The number of nitrogens with zero attached hydrogens (tertiary/aromatic N) is 4. The van der Waals surface area contributed by atoms with Crippen molar-refractivity contribution in [3.63, 3.8) is 0 Å². The Morgan fingerprint density at radius 1 is 1.47 bits per heavy atom. The van der Waals surface area contributed by atoms with E-state index in [0.29, 0.717) is 5.38 Å². The van der Waals surface area contributed by atoms with E-state index in [9.17, 15) is 0 Å². The summed E-state index contributed by atoms with van der Waals surface area (Å²) >= 11 is 6.16. The third-order valence-corrected chi connectivity index (χ3v) is 3.31. The van der Waals surface area contributed by atoms with Crippen molar-refractivity contribution in [1.29, 1.82) is 0 Å². The van der Waals surface area contributed by atoms with Gasteiger partial charge in [0.25, 0.3) is 0 Å². The number of hydrogen-bond donors (Lipinski definition) is 0. The molecule has 1 aromatic rings. The maximum Gasteiger partial charge on any atom is 0.147 e. The van der Waals surface area contributed by atoms with Crippen LogP contribution in [0.2, 0.25) is 0 Å². The fraction of sp³-hybridized carbons (Fsp3) is 0.800. The molecule has 0 aliphatic carbocycles. The Labute approximate surface area is 95.2 Å². The van der Waals surface area contributed by atoms with E-state index in [1.807, 2.05) is 10.9 Å². The molecule has 0 saturated carbocycles. The van der Waals surface area contributed by atoms with Crippen LogP contribution in [0.15, 0.2) is 6.20 Å². The van der Waals surface area contributed by atoms with Crippen molar-refractivity contribution < 1.29 is 0 Å². The van der Waals surface area contributed by atoms with Crippen LogP contribution in [0, 0.1) is 0 Å². The molecule has 2 heterocycles. The summed E-state index contributed by atoms with van der Waals surface area (Å²) in [6.07, 6.45) is 5.17. The largest absolute Gasteiger partial charge is 0.355 e. The van der Waals surface area contributed by atoms with Gasteiger partial charge in [0, 0.05) is 25.0 Å². The van der Waals surface area contributed by atoms with E-state index in [-0.39, 0.29) is 0 Å². The summed E-state index contributed by atoms with van der Waals surface area (Å²) < 4.78 is 1.94. The second-order valence-corrected chi connectivity index (χ2v) is 4.54. The number of hydrogen-bond acceptors (Lipinski definition) is 3. The lowest BCUT2D eigenvalue weighted by Gasteiger charge is -2.21. The number of rotatable bonds is 2. The number of anilines is 1. The van der Waals surface area contributed by atoms with E-state index in [4.69, 9.17) is 11.6 Å². The van der Waals surface area contributed by atoms with Crippen molar-refractivity contribution in [2.45, 2.75) is 38.1 Å². The second-order valence-electron chi connectivity index (χ2n) is 3.92. The van der Waals surface area contributed by atoms with Gasteiger partial charge in [0.2, 0.25) is 0 Å². The van der Waals surface area contributed by atoms with Crippen LogP contribution in [-0.2, 0) is 6.54 Å². The van der Waals surface area contributed by atoms with Crippen molar-refractivity contribution in [3.8, 4) is 0 Å². The van der Waals surface area contributed by atoms with E-state index in [0.717, 1.165) is 44.7 Å². The molecule has 1 atom stereocenters. The van der Waals surface area contributed by atoms with Crippen molar-refractivity contribution >= 4 is 17.4 Å². The predicted octanol–water partition coefficient (Wildman–Crippen LogP) is 1.90. The molecule has 2 rings (SSSR count). The number of aryl methyl sites for hydroxylation is 1. The standard InChI is InChI=1S/C10H17ClN4/c1-2-15-10(8-12-13-15)14-6-3-4-9(11)5-7-14/h8-9H,2-7H2,1H3. The fourth-order valence-corrected chi connectivity index (χ4v) is 2.26. The van der Waals surface area contributed by atoms with Crippen LogP contribution in [0.3, 0.4) is 0 Å². The highest BCUT2D eigenvalue weighted by Crippen LogP contribution is 2.20. The summed E-state index contributed by atoms with van der Waals surface area (Å²) in [5.74, 6) is 1.13. The molecule has 0 N–H and O–H groups in total. The van der Waals surface area contributed by atoms with Gasteiger partial charge in [-0.05, 0) is 26.2 Å². The Morgan fingerprint density at radius 2 is 2.33 bits per heavy atom. The van der Waals surface area contributed by atoms with Crippen LogP contribution >= 0.6 is 11.6 Å². The van der Waals surface area contributed by atoms with E-state index < -0.39 is 0 Å². The minimum absolute atomic E-state index is 0.334. The third kappa shape index (κ3) is 2.43. The molecule has 84 valence electrons. The molecular weight excluding hydrogens is 212 g/mol. The summed E-state index contributed by atoms with van der Waals surface area (Å²) in [5.41, 5.74) is 0. The first kappa shape index (κ1) is 10.7. The van der Waals surface area contributed by atoms with Gasteiger partial charge in [-0.15, -0.1) is 16.7 Å². The third-order valence-electron chi connectivity index (χ3n) is 2.88. The molecule has 15 heavy (non-hydrogen) atoms. The quantitative estimate of drug-likeness (QED) is 0.725. The van der Waals surface area contributed by atoms with Gasteiger partial charge >= 0.3 is 0 Å². The average molecular weight is 229 g/mol. The van der Waals surface area contributed by atoms with Gasteiger partial charge in [0.05, 0.1) is 6.20 Å². The summed E-state index contributed by atoms with van der Waals surface area (Å²) in [4.78, 5) is 2.34. The van der Waals surface area contributed by atoms with Crippen LogP contribution in [0.4, 0.5) is 5.82 Å². The Bertz CT molecular complexity index is 312. The Morgan fingerprint density at radius 3 is 3.13 bits per heavy atom. The number of aromatic nitrogens is 3. The van der Waals surface area contributed by atoms with Crippen LogP contribution in [0.25, 0.3) is 0 Å². The lowest BCUT2D eigenvalue weighted by atomic mass is 10.2. The lowest BCUT2D eigenvalue weighted by Crippen LogP contribution is -2.26. The maximum absolute atomic E-state index is 6.16. The van der Waals surface area contributed by atoms with Crippen molar-refractivity contribution in [1.82, 2.24) is 15.0 Å². The van der Waals surface area contributed by atoms with Crippen LogP contribution < -0.4 is 4.90 Å². The van der Waals surface area contributed by atoms with Gasteiger partial charge in [-0.1, -0.05) is 5.21 Å². The van der Waals surface area contributed by atoms with Crippen molar-refractivity contribution in [2.75, 3.05) is 18.0 Å². The zero-order valence-electron chi connectivity index (χ0n) is 9.06. The van der Waals surface area contributed by atoms with Gasteiger partial charge in [0.1, 0.15) is 5.82 Å². The van der Waals surface area contributed by atoms with E-state index in [2.05, 4.69) is 22.1 Å². The fourth-order valence-electron chi connectivity index (χ4n) is 2.01. The number of halogens is 1. The Balaban J connectivity index is 2.09. The topological polar surface area (TPSA) is 34.0 Å². The minimum Gasteiger partial charge on any atom is -0.355 e. The molecule has 0 bridgehead atoms. The van der Waals surface area contributed by atoms with Gasteiger partial charge in [0.15, 0.2) is 0 Å². The molecule has 5 heteroatoms. The zero-order valence-corrected chi connectivity index (χ0v) is 9.82. The first-order valence-corrected chi connectivity index (χ1v) is 6.02. The van der Waals surface area contributed by atoms with Gasteiger partial charge in [-0.25, -0.2) is 4.68 Å². The Kier molecular flexibility index (Phi) is 3.46. The molecule has 0 radical (unpaired) electrons. The predicted molar refractivity (Wildman–Crippen MR) is 61.4 cm³/mol. The monoisotopic (exact) mass is 228 g/mol. The van der Waals surface area contributed by atoms with Crippen LogP contribution in [0.5, 0.6) is 0 Å². The molecule has 1 unspecified atom stereocenters. The maximum atomic E-state index is 6.16.